The van der Waals surface area contributed by atoms with Crippen LogP contribution in [0.1, 0.15) is 15.9 Å². The van der Waals surface area contributed by atoms with Gasteiger partial charge in [-0.1, -0.05) is 6.07 Å². The number of anilines is 1. The number of hydrogen-bond acceptors (Lipinski definition) is 3. The number of carbonyl (C=O) groups excluding carboxylic acids is 1. The van der Waals surface area contributed by atoms with Crippen LogP contribution in [0.5, 0.6) is 0 Å². The number of benzene rings is 2. The third-order valence-corrected chi connectivity index (χ3v) is 4.69. The second kappa shape index (κ2) is 7.02. The molecule has 2 aromatic rings. The first-order chi connectivity index (χ1) is 11.6. The molecule has 2 aromatic carbocycles. The Kier molecular flexibility index (Phi) is 4.81. The zero-order chi connectivity index (χ0) is 17.1. The minimum atomic E-state index is -0.402. The molecule has 122 valence electrons. The van der Waals surface area contributed by atoms with Gasteiger partial charge < -0.3 is 9.80 Å². The third kappa shape index (κ3) is 3.41. The number of nitrogens with zero attached hydrogens (tertiary/aromatic N) is 3. The summed E-state index contributed by atoms with van der Waals surface area (Å²) in [7, 11) is 0. The topological polar surface area (TPSA) is 47.3 Å². The molecule has 0 N–H and O–H groups in total. The maximum absolute atomic E-state index is 13.3. The highest BCUT2D eigenvalue weighted by Gasteiger charge is 2.23. The number of carbonyl (C=O) groups is 1. The van der Waals surface area contributed by atoms with Crippen molar-refractivity contribution in [2.75, 3.05) is 31.1 Å². The molecule has 0 aromatic heterocycles. The molecular weight excluding hydrogens is 373 g/mol. The minimum absolute atomic E-state index is 0.145. The summed E-state index contributed by atoms with van der Waals surface area (Å²) in [6.07, 6.45) is 0. The van der Waals surface area contributed by atoms with E-state index in [1.54, 1.807) is 29.2 Å². The molecular formula is C18H15BrFN3O. The standard InChI is InChI=1S/C18H15BrFN3O/c19-16-10-13(12-21)4-5-17(16)22-6-8-23(9-7-22)18(24)14-2-1-3-15(20)11-14/h1-5,10-11H,6-9H2. The Morgan fingerprint density at radius 2 is 1.88 bits per heavy atom. The number of hydrogen-bond donors (Lipinski definition) is 0. The molecule has 24 heavy (non-hydrogen) atoms. The van der Waals surface area contributed by atoms with E-state index in [4.69, 9.17) is 5.26 Å². The van der Waals surface area contributed by atoms with Gasteiger partial charge in [0.05, 0.1) is 17.3 Å². The predicted octanol–water partition coefficient (Wildman–Crippen LogP) is 3.42. The molecule has 0 atom stereocenters. The lowest BCUT2D eigenvalue weighted by Gasteiger charge is -2.36. The van der Waals surface area contributed by atoms with E-state index < -0.39 is 5.82 Å². The smallest absolute Gasteiger partial charge is 0.254 e. The van der Waals surface area contributed by atoms with E-state index in [0.717, 1.165) is 10.2 Å². The van der Waals surface area contributed by atoms with Crippen LogP contribution in [0, 0.1) is 17.1 Å². The van der Waals surface area contributed by atoms with E-state index in [2.05, 4.69) is 26.9 Å². The van der Waals surface area contributed by atoms with Gasteiger partial charge in [-0.2, -0.15) is 5.26 Å². The molecule has 1 amide bonds. The molecule has 1 fully saturated rings. The Balaban J connectivity index is 1.68. The van der Waals surface area contributed by atoms with E-state index in [1.807, 2.05) is 6.07 Å². The summed E-state index contributed by atoms with van der Waals surface area (Å²) in [6.45, 7) is 2.51. The van der Waals surface area contributed by atoms with Crippen molar-refractivity contribution in [3.05, 3.63) is 63.9 Å². The number of rotatable bonds is 2. The van der Waals surface area contributed by atoms with Crippen molar-refractivity contribution < 1.29 is 9.18 Å². The Hall–Kier alpha value is -2.39. The van der Waals surface area contributed by atoms with E-state index in [0.29, 0.717) is 37.3 Å². The first-order valence-electron chi connectivity index (χ1n) is 7.58. The SMILES string of the molecule is N#Cc1ccc(N2CCN(C(=O)c3cccc(F)c3)CC2)c(Br)c1. The summed E-state index contributed by atoms with van der Waals surface area (Å²) in [5.74, 6) is -0.547. The van der Waals surface area contributed by atoms with Crippen molar-refractivity contribution in [2.45, 2.75) is 0 Å². The van der Waals surface area contributed by atoms with Crippen molar-refractivity contribution >= 4 is 27.5 Å². The number of piperazine rings is 1. The van der Waals surface area contributed by atoms with Crippen molar-refractivity contribution in [3.8, 4) is 6.07 Å². The first-order valence-corrected chi connectivity index (χ1v) is 8.37. The summed E-state index contributed by atoms with van der Waals surface area (Å²) < 4.78 is 14.1. The quantitative estimate of drug-likeness (QED) is 0.792. The van der Waals surface area contributed by atoms with Crippen LogP contribution in [-0.2, 0) is 0 Å². The second-order valence-corrected chi connectivity index (χ2v) is 6.42. The van der Waals surface area contributed by atoms with Gasteiger partial charge in [0.25, 0.3) is 5.91 Å². The lowest BCUT2D eigenvalue weighted by Crippen LogP contribution is -2.48. The van der Waals surface area contributed by atoms with E-state index >= 15 is 0 Å². The van der Waals surface area contributed by atoms with Crippen molar-refractivity contribution in [2.24, 2.45) is 0 Å². The summed E-state index contributed by atoms with van der Waals surface area (Å²) in [4.78, 5) is 16.3. The summed E-state index contributed by atoms with van der Waals surface area (Å²) in [6, 6.07) is 13.4. The molecule has 0 saturated carbocycles. The maximum atomic E-state index is 13.3. The van der Waals surface area contributed by atoms with Gasteiger partial charge in [-0.25, -0.2) is 4.39 Å². The number of halogens is 2. The van der Waals surface area contributed by atoms with Crippen LogP contribution >= 0.6 is 15.9 Å². The highest BCUT2D eigenvalue weighted by atomic mass is 79.9. The largest absolute Gasteiger partial charge is 0.367 e. The zero-order valence-corrected chi connectivity index (χ0v) is 14.5. The predicted molar refractivity (Wildman–Crippen MR) is 93.4 cm³/mol. The molecule has 1 aliphatic heterocycles. The lowest BCUT2D eigenvalue weighted by molar-refractivity contribution is 0.0746. The van der Waals surface area contributed by atoms with Gasteiger partial charge in [0, 0.05) is 36.2 Å². The average molecular weight is 388 g/mol. The molecule has 1 saturated heterocycles. The molecule has 0 radical (unpaired) electrons. The van der Waals surface area contributed by atoms with Crippen molar-refractivity contribution in [1.29, 1.82) is 5.26 Å². The monoisotopic (exact) mass is 387 g/mol. The molecule has 3 rings (SSSR count). The van der Waals surface area contributed by atoms with Gasteiger partial charge >= 0.3 is 0 Å². The fraction of sp³-hybridized carbons (Fsp3) is 0.222. The third-order valence-electron chi connectivity index (χ3n) is 4.06. The van der Waals surface area contributed by atoms with Crippen LogP contribution in [-0.4, -0.2) is 37.0 Å². The van der Waals surface area contributed by atoms with Crippen LogP contribution < -0.4 is 4.90 Å². The van der Waals surface area contributed by atoms with E-state index in [9.17, 15) is 9.18 Å². The van der Waals surface area contributed by atoms with Crippen molar-refractivity contribution in [1.82, 2.24) is 4.90 Å². The molecule has 0 bridgehead atoms. The molecule has 0 spiro atoms. The molecule has 6 heteroatoms. The van der Waals surface area contributed by atoms with Crippen LogP contribution in [0.3, 0.4) is 0 Å². The summed E-state index contributed by atoms with van der Waals surface area (Å²) >= 11 is 3.50. The Bertz CT molecular complexity index is 810. The van der Waals surface area contributed by atoms with Gasteiger partial charge in [0.1, 0.15) is 5.82 Å². The fourth-order valence-corrected chi connectivity index (χ4v) is 3.42. The molecule has 1 aliphatic rings. The van der Waals surface area contributed by atoms with Crippen LogP contribution in [0.2, 0.25) is 0 Å². The Morgan fingerprint density at radius 1 is 1.12 bits per heavy atom. The Labute approximate surface area is 148 Å². The molecule has 0 unspecified atom stereocenters. The minimum Gasteiger partial charge on any atom is -0.367 e. The van der Waals surface area contributed by atoms with Gasteiger partial charge in [-0.15, -0.1) is 0 Å². The van der Waals surface area contributed by atoms with Crippen LogP contribution in [0.4, 0.5) is 10.1 Å². The van der Waals surface area contributed by atoms with Gasteiger partial charge in [-0.3, -0.25) is 4.79 Å². The number of amides is 1. The maximum Gasteiger partial charge on any atom is 0.254 e. The van der Waals surface area contributed by atoms with Gasteiger partial charge in [0.15, 0.2) is 0 Å². The van der Waals surface area contributed by atoms with Crippen LogP contribution in [0.25, 0.3) is 0 Å². The lowest BCUT2D eigenvalue weighted by atomic mass is 10.1. The van der Waals surface area contributed by atoms with Gasteiger partial charge in [-0.05, 0) is 52.3 Å². The molecule has 1 heterocycles. The van der Waals surface area contributed by atoms with E-state index in [1.165, 1.54) is 12.1 Å². The normalized spacial score (nSPS) is 14.4. The van der Waals surface area contributed by atoms with E-state index in [-0.39, 0.29) is 5.91 Å². The summed E-state index contributed by atoms with van der Waals surface area (Å²) in [5.41, 5.74) is 1.99. The highest BCUT2D eigenvalue weighted by molar-refractivity contribution is 9.10. The average Bonchev–Trinajstić information content (AvgIpc) is 2.61. The zero-order valence-electron chi connectivity index (χ0n) is 12.9. The second-order valence-electron chi connectivity index (χ2n) is 5.57. The first kappa shape index (κ1) is 16.5. The Morgan fingerprint density at radius 3 is 2.50 bits per heavy atom. The van der Waals surface area contributed by atoms with Crippen molar-refractivity contribution in [3.63, 3.8) is 0 Å². The summed E-state index contributed by atoms with van der Waals surface area (Å²) in [5, 5.41) is 8.93. The molecule has 4 nitrogen and oxygen atoms in total. The number of nitriles is 1. The molecule has 0 aliphatic carbocycles. The fourth-order valence-electron chi connectivity index (χ4n) is 2.79. The van der Waals surface area contributed by atoms with Crippen LogP contribution in [0.15, 0.2) is 46.9 Å². The van der Waals surface area contributed by atoms with Gasteiger partial charge in [0.2, 0.25) is 0 Å². The highest BCUT2D eigenvalue weighted by Crippen LogP contribution is 2.28.